The Bertz CT molecular complexity index is 454. The summed E-state index contributed by atoms with van der Waals surface area (Å²) >= 11 is 0. The number of likely N-dealkylation sites (N-methyl/N-ethyl adjacent to an activating group) is 1. The summed E-state index contributed by atoms with van der Waals surface area (Å²) < 4.78 is 31.1. The first-order valence-corrected chi connectivity index (χ1v) is 5.95. The highest BCUT2D eigenvalue weighted by Crippen LogP contribution is 2.19. The molecule has 0 radical (unpaired) electrons. The lowest BCUT2D eigenvalue weighted by Gasteiger charge is -2.25. The van der Waals surface area contributed by atoms with Gasteiger partial charge in [0.05, 0.1) is 6.61 Å². The van der Waals surface area contributed by atoms with Crippen molar-refractivity contribution in [2.45, 2.75) is 25.8 Å². The van der Waals surface area contributed by atoms with Crippen molar-refractivity contribution in [3.05, 3.63) is 29.8 Å². The minimum absolute atomic E-state index is 0.0123. The van der Waals surface area contributed by atoms with Gasteiger partial charge >= 0.3 is 5.97 Å². The van der Waals surface area contributed by atoms with Gasteiger partial charge in [0.2, 0.25) is 0 Å². The maximum Gasteiger partial charge on any atom is 0.323 e. The molecule has 6 heteroatoms. The van der Waals surface area contributed by atoms with Crippen LogP contribution in [-0.4, -0.2) is 29.8 Å². The van der Waals surface area contributed by atoms with Crippen LogP contribution in [0.3, 0.4) is 0 Å². The second-order valence-corrected chi connectivity index (χ2v) is 4.34. The molecule has 0 saturated heterocycles. The number of carboxylic acid groups (broad SMARTS) is 1. The first-order chi connectivity index (χ1) is 8.89. The molecule has 0 aromatic heterocycles. The Morgan fingerprint density at radius 2 is 2.16 bits per heavy atom. The summed E-state index contributed by atoms with van der Waals surface area (Å²) in [7, 11) is 0. The van der Waals surface area contributed by atoms with E-state index in [1.165, 1.54) is 13.0 Å². The van der Waals surface area contributed by atoms with Crippen molar-refractivity contribution in [2.24, 2.45) is 0 Å². The lowest BCUT2D eigenvalue weighted by atomic mass is 9.98. The van der Waals surface area contributed by atoms with Gasteiger partial charge in [0, 0.05) is 12.5 Å². The average molecular weight is 273 g/mol. The molecule has 1 unspecified atom stereocenters. The number of hydrogen-bond acceptors (Lipinski definition) is 3. The molecule has 1 aromatic carbocycles. The first-order valence-electron chi connectivity index (χ1n) is 5.95. The van der Waals surface area contributed by atoms with Gasteiger partial charge < -0.3 is 15.2 Å². The highest BCUT2D eigenvalue weighted by Gasteiger charge is 2.31. The Labute approximate surface area is 110 Å². The van der Waals surface area contributed by atoms with E-state index >= 15 is 0 Å². The third-order valence-electron chi connectivity index (χ3n) is 2.79. The normalized spacial score (nSPS) is 13.9. The second kappa shape index (κ2) is 6.47. The molecule has 19 heavy (non-hydrogen) atoms. The number of carbonyl (C=O) groups is 1. The van der Waals surface area contributed by atoms with Gasteiger partial charge in [0.25, 0.3) is 0 Å². The van der Waals surface area contributed by atoms with E-state index in [-0.39, 0.29) is 18.8 Å². The third kappa shape index (κ3) is 4.17. The number of hydrogen-bond donors (Lipinski definition) is 2. The molecule has 0 heterocycles. The SMILES string of the molecule is CCNC(C)(CCOc1ccc(F)cc1F)C(=O)O. The molecule has 0 saturated carbocycles. The fraction of sp³-hybridized carbons (Fsp3) is 0.462. The van der Waals surface area contributed by atoms with E-state index in [0.29, 0.717) is 6.54 Å². The van der Waals surface area contributed by atoms with Crippen LogP contribution in [-0.2, 0) is 4.79 Å². The summed E-state index contributed by atoms with van der Waals surface area (Å²) in [5.41, 5.74) is -1.13. The van der Waals surface area contributed by atoms with Crippen LogP contribution in [0.15, 0.2) is 18.2 Å². The maximum absolute atomic E-state index is 13.3. The molecule has 0 aliphatic rings. The number of ether oxygens (including phenoxy) is 1. The summed E-state index contributed by atoms with van der Waals surface area (Å²) in [5, 5.41) is 11.9. The van der Waals surface area contributed by atoms with E-state index in [1.54, 1.807) is 6.92 Å². The summed E-state index contributed by atoms with van der Waals surface area (Å²) in [6, 6.07) is 2.98. The van der Waals surface area contributed by atoms with Crippen molar-refractivity contribution in [3.63, 3.8) is 0 Å². The summed E-state index contributed by atoms with van der Waals surface area (Å²) in [6.07, 6.45) is 0.160. The fourth-order valence-corrected chi connectivity index (χ4v) is 1.62. The fourth-order valence-electron chi connectivity index (χ4n) is 1.62. The van der Waals surface area contributed by atoms with E-state index in [2.05, 4.69) is 5.32 Å². The van der Waals surface area contributed by atoms with E-state index < -0.39 is 23.1 Å². The van der Waals surface area contributed by atoms with Crippen LogP contribution in [0, 0.1) is 11.6 Å². The minimum Gasteiger partial charge on any atom is -0.490 e. The zero-order valence-electron chi connectivity index (χ0n) is 10.9. The molecule has 0 bridgehead atoms. The van der Waals surface area contributed by atoms with Crippen molar-refractivity contribution >= 4 is 5.97 Å². The molecular formula is C13H17F2NO3. The van der Waals surface area contributed by atoms with Gasteiger partial charge in [-0.2, -0.15) is 0 Å². The van der Waals surface area contributed by atoms with Crippen LogP contribution >= 0.6 is 0 Å². The Kier molecular flexibility index (Phi) is 5.23. The quantitative estimate of drug-likeness (QED) is 0.799. The molecular weight excluding hydrogens is 256 g/mol. The molecule has 2 N–H and O–H groups in total. The predicted octanol–water partition coefficient (Wildman–Crippen LogP) is 2.19. The van der Waals surface area contributed by atoms with Gasteiger partial charge in [-0.25, -0.2) is 8.78 Å². The molecule has 1 rings (SSSR count). The number of nitrogens with one attached hydrogen (secondary N) is 1. The molecule has 0 amide bonds. The zero-order valence-corrected chi connectivity index (χ0v) is 10.9. The van der Waals surface area contributed by atoms with E-state index in [0.717, 1.165) is 12.1 Å². The van der Waals surface area contributed by atoms with Crippen LogP contribution in [0.2, 0.25) is 0 Å². The lowest BCUT2D eigenvalue weighted by Crippen LogP contribution is -2.50. The largest absolute Gasteiger partial charge is 0.490 e. The Hall–Kier alpha value is -1.69. The number of benzene rings is 1. The number of halogens is 2. The average Bonchev–Trinajstić information content (AvgIpc) is 2.32. The summed E-state index contributed by atoms with van der Waals surface area (Å²) in [4.78, 5) is 11.1. The highest BCUT2D eigenvalue weighted by molar-refractivity contribution is 5.78. The Balaban J connectivity index is 2.59. The molecule has 0 fully saturated rings. The van der Waals surface area contributed by atoms with E-state index in [9.17, 15) is 13.6 Å². The van der Waals surface area contributed by atoms with Crippen LogP contribution < -0.4 is 10.1 Å². The number of rotatable bonds is 7. The van der Waals surface area contributed by atoms with Crippen molar-refractivity contribution in [1.82, 2.24) is 5.32 Å². The molecule has 0 aliphatic heterocycles. The standard InChI is InChI=1S/C13H17F2NO3/c1-3-16-13(2,12(17)18)6-7-19-11-5-4-9(14)8-10(11)15/h4-5,8,16H,3,6-7H2,1-2H3,(H,17,18). The van der Waals surface area contributed by atoms with E-state index in [1.807, 2.05) is 0 Å². The van der Waals surface area contributed by atoms with Gasteiger partial charge in [-0.1, -0.05) is 6.92 Å². The molecule has 1 aromatic rings. The third-order valence-corrected chi connectivity index (χ3v) is 2.79. The Morgan fingerprint density at radius 1 is 1.47 bits per heavy atom. The minimum atomic E-state index is -1.13. The van der Waals surface area contributed by atoms with Crippen LogP contribution in [0.1, 0.15) is 20.3 Å². The topological polar surface area (TPSA) is 58.6 Å². The molecule has 4 nitrogen and oxygen atoms in total. The van der Waals surface area contributed by atoms with Crippen molar-refractivity contribution in [1.29, 1.82) is 0 Å². The number of carboxylic acids is 1. The van der Waals surface area contributed by atoms with Crippen LogP contribution in [0.25, 0.3) is 0 Å². The summed E-state index contributed by atoms with van der Waals surface area (Å²) in [6.45, 7) is 3.83. The first kappa shape index (κ1) is 15.4. The van der Waals surface area contributed by atoms with Gasteiger partial charge in [0.15, 0.2) is 11.6 Å². The van der Waals surface area contributed by atoms with Crippen LogP contribution in [0.5, 0.6) is 5.75 Å². The Morgan fingerprint density at radius 3 is 2.68 bits per heavy atom. The molecule has 0 spiro atoms. The highest BCUT2D eigenvalue weighted by atomic mass is 19.1. The predicted molar refractivity (Wildman–Crippen MR) is 66.2 cm³/mol. The lowest BCUT2D eigenvalue weighted by molar-refractivity contribution is -0.144. The van der Waals surface area contributed by atoms with Gasteiger partial charge in [-0.05, 0) is 25.6 Å². The smallest absolute Gasteiger partial charge is 0.323 e. The zero-order chi connectivity index (χ0) is 14.5. The van der Waals surface area contributed by atoms with Crippen LogP contribution in [0.4, 0.5) is 8.78 Å². The van der Waals surface area contributed by atoms with Gasteiger partial charge in [0.1, 0.15) is 11.4 Å². The second-order valence-electron chi connectivity index (χ2n) is 4.34. The van der Waals surface area contributed by atoms with Crippen molar-refractivity contribution in [2.75, 3.05) is 13.2 Å². The van der Waals surface area contributed by atoms with Gasteiger partial charge in [-0.15, -0.1) is 0 Å². The number of aliphatic carboxylic acids is 1. The monoisotopic (exact) mass is 273 g/mol. The van der Waals surface area contributed by atoms with Crippen molar-refractivity contribution in [3.8, 4) is 5.75 Å². The molecule has 0 aliphatic carbocycles. The molecule has 106 valence electrons. The molecule has 1 atom stereocenters. The maximum atomic E-state index is 13.3. The van der Waals surface area contributed by atoms with E-state index in [4.69, 9.17) is 9.84 Å². The van der Waals surface area contributed by atoms with Crippen molar-refractivity contribution < 1.29 is 23.4 Å². The van der Waals surface area contributed by atoms with Gasteiger partial charge in [-0.3, -0.25) is 4.79 Å². The summed E-state index contributed by atoms with van der Waals surface area (Å²) in [5.74, 6) is -2.59.